The predicted molar refractivity (Wildman–Crippen MR) is 66.3 cm³/mol. The third kappa shape index (κ3) is 2.64. The van der Waals surface area contributed by atoms with Crippen molar-refractivity contribution < 1.29 is 0 Å². The van der Waals surface area contributed by atoms with E-state index < -0.39 is 0 Å². The molecule has 1 saturated carbocycles. The molecule has 90 valence electrons. The van der Waals surface area contributed by atoms with Crippen LogP contribution in [0.3, 0.4) is 0 Å². The van der Waals surface area contributed by atoms with E-state index in [0.29, 0.717) is 6.04 Å². The van der Waals surface area contributed by atoms with Gasteiger partial charge >= 0.3 is 0 Å². The van der Waals surface area contributed by atoms with Crippen LogP contribution in [0.5, 0.6) is 0 Å². The molecule has 1 aromatic heterocycles. The van der Waals surface area contributed by atoms with Crippen LogP contribution in [0.4, 0.5) is 0 Å². The zero-order chi connectivity index (χ0) is 11.4. The molecule has 0 radical (unpaired) electrons. The fourth-order valence-electron chi connectivity index (χ4n) is 2.72. The van der Waals surface area contributed by atoms with E-state index in [2.05, 4.69) is 28.2 Å². The largest absolute Gasteiger partial charge is 0.313 e. The lowest BCUT2D eigenvalue weighted by Crippen LogP contribution is -2.14. The molecule has 1 aliphatic rings. The Bertz CT molecular complexity index is 309. The van der Waals surface area contributed by atoms with Gasteiger partial charge in [-0.3, -0.25) is 4.68 Å². The lowest BCUT2D eigenvalue weighted by atomic mass is 10.1. The minimum absolute atomic E-state index is 0.456. The molecule has 0 saturated heterocycles. The number of nitrogens with zero attached hydrogens (tertiary/aromatic N) is 2. The van der Waals surface area contributed by atoms with Gasteiger partial charge in [-0.05, 0) is 32.2 Å². The van der Waals surface area contributed by atoms with Crippen molar-refractivity contribution in [2.75, 3.05) is 7.05 Å². The molecule has 1 atom stereocenters. The lowest BCUT2D eigenvalue weighted by molar-refractivity contribution is 0.428. The summed E-state index contributed by atoms with van der Waals surface area (Å²) in [5.74, 6) is 0.863. The molecule has 1 N–H and O–H groups in total. The Labute approximate surface area is 98.2 Å². The van der Waals surface area contributed by atoms with Crippen LogP contribution in [0.25, 0.3) is 0 Å². The van der Waals surface area contributed by atoms with Crippen molar-refractivity contribution in [3.8, 4) is 0 Å². The fraction of sp³-hybridized carbons (Fsp3) is 0.769. The summed E-state index contributed by atoms with van der Waals surface area (Å²) in [6, 6.07) is 0.456. The first-order valence-corrected chi connectivity index (χ1v) is 6.53. The summed E-state index contributed by atoms with van der Waals surface area (Å²) in [5, 5.41) is 7.79. The molecule has 0 aliphatic heterocycles. The van der Waals surface area contributed by atoms with Gasteiger partial charge in [0, 0.05) is 24.3 Å². The Hall–Kier alpha value is -0.830. The minimum Gasteiger partial charge on any atom is -0.313 e. The first-order chi connectivity index (χ1) is 7.83. The topological polar surface area (TPSA) is 29.9 Å². The molecule has 1 fully saturated rings. The van der Waals surface area contributed by atoms with Crippen LogP contribution in [0, 0.1) is 5.92 Å². The Morgan fingerprint density at radius 2 is 2.25 bits per heavy atom. The number of hydrogen-bond donors (Lipinski definition) is 1. The molecule has 3 nitrogen and oxygen atoms in total. The van der Waals surface area contributed by atoms with Crippen molar-refractivity contribution in [2.24, 2.45) is 5.92 Å². The highest BCUT2D eigenvalue weighted by atomic mass is 15.3. The number of rotatable bonds is 5. The molecule has 0 spiro atoms. The third-order valence-corrected chi connectivity index (χ3v) is 3.73. The average molecular weight is 221 g/mol. The van der Waals surface area contributed by atoms with Gasteiger partial charge in [-0.25, -0.2) is 0 Å². The van der Waals surface area contributed by atoms with Crippen molar-refractivity contribution in [1.29, 1.82) is 0 Å². The lowest BCUT2D eigenvalue weighted by Gasteiger charge is -2.11. The molecule has 2 rings (SSSR count). The normalized spacial score (nSPS) is 19.1. The number of hydrogen-bond acceptors (Lipinski definition) is 2. The van der Waals surface area contributed by atoms with E-state index in [1.165, 1.54) is 31.2 Å². The summed E-state index contributed by atoms with van der Waals surface area (Å²) in [4.78, 5) is 0. The van der Waals surface area contributed by atoms with Gasteiger partial charge < -0.3 is 5.32 Å². The van der Waals surface area contributed by atoms with Gasteiger partial charge in [0.15, 0.2) is 0 Å². The van der Waals surface area contributed by atoms with Gasteiger partial charge in [0.25, 0.3) is 0 Å². The van der Waals surface area contributed by atoms with Crippen LogP contribution in [-0.2, 0) is 6.54 Å². The van der Waals surface area contributed by atoms with Crippen LogP contribution in [0.15, 0.2) is 12.4 Å². The summed E-state index contributed by atoms with van der Waals surface area (Å²) in [6.07, 6.45) is 10.9. The van der Waals surface area contributed by atoms with Crippen molar-refractivity contribution in [1.82, 2.24) is 15.1 Å². The first-order valence-electron chi connectivity index (χ1n) is 6.53. The van der Waals surface area contributed by atoms with Gasteiger partial charge in [0.1, 0.15) is 0 Å². The van der Waals surface area contributed by atoms with Crippen molar-refractivity contribution in [3.63, 3.8) is 0 Å². The SMILES string of the molecule is CCC(NC)c1cnn(CC2CCCC2)c1. The van der Waals surface area contributed by atoms with Crippen molar-refractivity contribution in [2.45, 2.75) is 51.6 Å². The maximum Gasteiger partial charge on any atom is 0.0537 e. The monoisotopic (exact) mass is 221 g/mol. The number of aromatic nitrogens is 2. The Morgan fingerprint density at radius 3 is 2.88 bits per heavy atom. The van der Waals surface area contributed by atoms with Crippen molar-refractivity contribution >= 4 is 0 Å². The van der Waals surface area contributed by atoms with E-state index in [1.54, 1.807) is 0 Å². The molecule has 16 heavy (non-hydrogen) atoms. The maximum absolute atomic E-state index is 4.47. The summed E-state index contributed by atoms with van der Waals surface area (Å²) in [6.45, 7) is 3.32. The molecule has 1 aliphatic carbocycles. The maximum atomic E-state index is 4.47. The van der Waals surface area contributed by atoms with Gasteiger partial charge in [0.05, 0.1) is 6.20 Å². The van der Waals surface area contributed by atoms with Gasteiger partial charge in [-0.2, -0.15) is 5.10 Å². The quantitative estimate of drug-likeness (QED) is 0.828. The van der Waals surface area contributed by atoms with Crippen molar-refractivity contribution in [3.05, 3.63) is 18.0 Å². The summed E-state index contributed by atoms with van der Waals surface area (Å²) < 4.78 is 2.13. The van der Waals surface area contributed by atoms with E-state index in [-0.39, 0.29) is 0 Å². The van der Waals surface area contributed by atoms with Gasteiger partial charge in [-0.15, -0.1) is 0 Å². The average Bonchev–Trinajstić information content (AvgIpc) is 2.93. The summed E-state index contributed by atoms with van der Waals surface area (Å²) in [5.41, 5.74) is 1.32. The third-order valence-electron chi connectivity index (χ3n) is 3.73. The molecule has 0 amide bonds. The van der Waals surface area contributed by atoms with Crippen LogP contribution in [0.2, 0.25) is 0 Å². The molecule has 0 aromatic carbocycles. The number of nitrogens with one attached hydrogen (secondary N) is 1. The Kier molecular flexibility index (Phi) is 3.99. The molecule has 0 bridgehead atoms. The minimum atomic E-state index is 0.456. The molecular formula is C13H23N3. The van der Waals surface area contributed by atoms with E-state index >= 15 is 0 Å². The molecule has 1 heterocycles. The summed E-state index contributed by atoms with van der Waals surface area (Å²) in [7, 11) is 2.02. The summed E-state index contributed by atoms with van der Waals surface area (Å²) >= 11 is 0. The molecule has 1 aromatic rings. The highest BCUT2D eigenvalue weighted by molar-refractivity contribution is 5.09. The first kappa shape index (κ1) is 11.6. The van der Waals surface area contributed by atoms with Crippen LogP contribution < -0.4 is 5.32 Å². The van der Waals surface area contributed by atoms with Crippen LogP contribution in [-0.4, -0.2) is 16.8 Å². The van der Waals surface area contributed by atoms with E-state index in [9.17, 15) is 0 Å². The second-order valence-corrected chi connectivity index (χ2v) is 4.90. The van der Waals surface area contributed by atoms with E-state index in [0.717, 1.165) is 18.9 Å². The Balaban J connectivity index is 1.95. The van der Waals surface area contributed by atoms with E-state index in [4.69, 9.17) is 0 Å². The zero-order valence-electron chi connectivity index (χ0n) is 10.4. The predicted octanol–water partition coefficient (Wildman–Crippen LogP) is 2.74. The second-order valence-electron chi connectivity index (χ2n) is 4.90. The molecule has 3 heteroatoms. The fourth-order valence-corrected chi connectivity index (χ4v) is 2.72. The smallest absolute Gasteiger partial charge is 0.0537 e. The standard InChI is InChI=1S/C13H23N3/c1-3-13(14-2)12-8-15-16(10-12)9-11-6-4-5-7-11/h8,10-11,13-14H,3-7,9H2,1-2H3. The van der Waals surface area contributed by atoms with Crippen LogP contribution in [0.1, 0.15) is 50.6 Å². The Morgan fingerprint density at radius 1 is 1.50 bits per heavy atom. The zero-order valence-corrected chi connectivity index (χ0v) is 10.4. The highest BCUT2D eigenvalue weighted by Crippen LogP contribution is 2.26. The van der Waals surface area contributed by atoms with Gasteiger partial charge in [-0.1, -0.05) is 19.8 Å². The van der Waals surface area contributed by atoms with Gasteiger partial charge in [0.2, 0.25) is 0 Å². The second kappa shape index (κ2) is 5.48. The highest BCUT2D eigenvalue weighted by Gasteiger charge is 2.16. The molecular weight excluding hydrogens is 198 g/mol. The van der Waals surface area contributed by atoms with E-state index in [1.807, 2.05) is 13.2 Å². The van der Waals surface area contributed by atoms with Crippen LogP contribution >= 0.6 is 0 Å². The molecule has 1 unspecified atom stereocenters.